The second-order valence-corrected chi connectivity index (χ2v) is 3.06. The first-order valence-corrected chi connectivity index (χ1v) is 4.41. The predicted molar refractivity (Wildman–Crippen MR) is 47.1 cm³/mol. The Labute approximate surface area is 88.9 Å². The zero-order chi connectivity index (χ0) is 8.32. The van der Waals surface area contributed by atoms with Crippen LogP contribution in [0.4, 0.5) is 0 Å². The van der Waals surface area contributed by atoms with E-state index in [9.17, 15) is 4.57 Å². The summed E-state index contributed by atoms with van der Waals surface area (Å²) < 4.78 is 14.5. The fourth-order valence-electron chi connectivity index (χ4n) is 0.619. The molecule has 0 aliphatic heterocycles. The van der Waals surface area contributed by atoms with Gasteiger partial charge in [-0.25, -0.2) is 4.57 Å². The molecular formula is C6H9MgO4P. The third kappa shape index (κ3) is 4.74. The fraction of sp³-hybridized carbons (Fsp3) is 0. The van der Waals surface area contributed by atoms with Gasteiger partial charge in [0.2, 0.25) is 0 Å². The second-order valence-electron chi connectivity index (χ2n) is 1.89. The predicted octanol–water partition coefficient (Wildman–Crippen LogP) is 1.00. The standard InChI is InChI=1S/C6H7O4P.Mg.2H/c7-11(8,9)10-6-4-2-1-3-5-6;;;/h1-5H,(H2,7,8,9);;;/q;+2;2*-1. The van der Waals surface area contributed by atoms with Crippen LogP contribution in [-0.2, 0) is 4.57 Å². The average Bonchev–Trinajstić information content (AvgIpc) is 1.85. The van der Waals surface area contributed by atoms with Crippen molar-refractivity contribution in [2.24, 2.45) is 0 Å². The molecule has 0 atom stereocenters. The van der Waals surface area contributed by atoms with E-state index in [1.165, 1.54) is 12.1 Å². The van der Waals surface area contributed by atoms with Crippen LogP contribution in [0.25, 0.3) is 0 Å². The molecule has 1 aromatic carbocycles. The van der Waals surface area contributed by atoms with Crippen molar-refractivity contribution in [3.8, 4) is 5.75 Å². The normalized spacial score (nSPS) is 10.2. The Morgan fingerprint density at radius 3 is 2.17 bits per heavy atom. The Balaban J connectivity index is -0.000000403. The average molecular weight is 200 g/mol. The van der Waals surface area contributed by atoms with E-state index in [0.29, 0.717) is 0 Å². The van der Waals surface area contributed by atoms with Gasteiger partial charge in [-0.2, -0.15) is 0 Å². The summed E-state index contributed by atoms with van der Waals surface area (Å²) in [6.07, 6.45) is 0. The van der Waals surface area contributed by atoms with Gasteiger partial charge >= 0.3 is 30.9 Å². The number of phosphoric ester groups is 1. The summed E-state index contributed by atoms with van der Waals surface area (Å²) in [7, 11) is -4.39. The molecule has 1 rings (SSSR count). The molecule has 0 heterocycles. The van der Waals surface area contributed by atoms with E-state index in [1.54, 1.807) is 18.2 Å². The van der Waals surface area contributed by atoms with Gasteiger partial charge in [0.15, 0.2) is 0 Å². The molecule has 0 bridgehead atoms. The molecule has 0 aromatic heterocycles. The molecule has 12 heavy (non-hydrogen) atoms. The molecular weight excluding hydrogens is 191 g/mol. The zero-order valence-electron chi connectivity index (χ0n) is 8.25. The summed E-state index contributed by atoms with van der Waals surface area (Å²) in [5, 5.41) is 0. The second kappa shape index (κ2) is 4.84. The van der Waals surface area contributed by atoms with Gasteiger partial charge in [-0.15, -0.1) is 0 Å². The van der Waals surface area contributed by atoms with E-state index in [2.05, 4.69) is 4.52 Å². The van der Waals surface area contributed by atoms with Gasteiger partial charge < -0.3 is 7.38 Å². The summed E-state index contributed by atoms with van der Waals surface area (Å²) in [5.74, 6) is 0.167. The van der Waals surface area contributed by atoms with Crippen molar-refractivity contribution < 1.29 is 21.7 Å². The van der Waals surface area contributed by atoms with Gasteiger partial charge in [0.25, 0.3) is 0 Å². The molecule has 0 saturated carbocycles. The van der Waals surface area contributed by atoms with Crippen molar-refractivity contribution in [3.63, 3.8) is 0 Å². The van der Waals surface area contributed by atoms with Gasteiger partial charge in [-0.05, 0) is 12.1 Å². The Kier molecular flexibility index (Phi) is 4.81. The zero-order valence-corrected chi connectivity index (χ0v) is 8.56. The first kappa shape index (κ1) is 11.9. The Morgan fingerprint density at radius 1 is 1.25 bits per heavy atom. The maximum absolute atomic E-state index is 10.3. The van der Waals surface area contributed by atoms with Gasteiger partial charge in [-0.1, -0.05) is 18.2 Å². The summed E-state index contributed by atoms with van der Waals surface area (Å²) in [6, 6.07) is 7.93. The van der Waals surface area contributed by atoms with Crippen LogP contribution < -0.4 is 4.52 Å². The molecule has 0 unspecified atom stereocenters. The van der Waals surface area contributed by atoms with Gasteiger partial charge in [0.05, 0.1) is 0 Å². The molecule has 6 heteroatoms. The molecule has 4 nitrogen and oxygen atoms in total. The van der Waals surface area contributed by atoms with E-state index < -0.39 is 7.82 Å². The topological polar surface area (TPSA) is 66.8 Å². The van der Waals surface area contributed by atoms with E-state index in [1.807, 2.05) is 0 Å². The molecule has 1 aromatic rings. The number of hydrogen-bond donors (Lipinski definition) is 2. The Morgan fingerprint density at radius 2 is 1.75 bits per heavy atom. The van der Waals surface area contributed by atoms with Crippen molar-refractivity contribution in [2.45, 2.75) is 0 Å². The number of benzene rings is 1. The number of para-hydroxylation sites is 1. The molecule has 0 saturated heterocycles. The fourth-order valence-corrected chi connectivity index (χ4v) is 1.02. The first-order chi connectivity index (χ1) is 5.08. The third-order valence-electron chi connectivity index (χ3n) is 0.968. The van der Waals surface area contributed by atoms with Crippen LogP contribution in [0.3, 0.4) is 0 Å². The minimum atomic E-state index is -4.39. The van der Waals surface area contributed by atoms with E-state index in [4.69, 9.17) is 9.79 Å². The number of hydrogen-bond acceptors (Lipinski definition) is 2. The van der Waals surface area contributed by atoms with E-state index >= 15 is 0 Å². The van der Waals surface area contributed by atoms with E-state index in [-0.39, 0.29) is 31.7 Å². The third-order valence-corrected chi connectivity index (χ3v) is 1.42. The molecule has 0 aliphatic rings. The van der Waals surface area contributed by atoms with Crippen LogP contribution in [0.2, 0.25) is 0 Å². The van der Waals surface area contributed by atoms with Gasteiger partial charge in [0, 0.05) is 0 Å². The molecule has 2 N–H and O–H groups in total. The van der Waals surface area contributed by atoms with Gasteiger partial charge in [-0.3, -0.25) is 9.79 Å². The van der Waals surface area contributed by atoms with Crippen molar-refractivity contribution in [1.82, 2.24) is 0 Å². The molecule has 0 aliphatic carbocycles. The number of rotatable bonds is 2. The molecule has 64 valence electrons. The summed E-state index contributed by atoms with van der Waals surface area (Å²) in [5.41, 5.74) is 0. The molecule has 0 spiro atoms. The van der Waals surface area contributed by atoms with Gasteiger partial charge in [0.1, 0.15) is 5.75 Å². The van der Waals surface area contributed by atoms with Crippen molar-refractivity contribution >= 4 is 30.9 Å². The SMILES string of the molecule is O=P(O)(O)Oc1ccccc1.[H-].[H-].[Mg+2]. The molecule has 0 fully saturated rings. The van der Waals surface area contributed by atoms with Crippen LogP contribution in [0.5, 0.6) is 5.75 Å². The quantitative estimate of drug-likeness (QED) is 0.552. The Bertz CT molecular complexity index is 278. The number of phosphoric acid groups is 1. The summed E-state index contributed by atoms with van der Waals surface area (Å²) in [4.78, 5) is 16.7. The summed E-state index contributed by atoms with van der Waals surface area (Å²) in [6.45, 7) is 0. The van der Waals surface area contributed by atoms with Crippen LogP contribution in [-0.4, -0.2) is 32.8 Å². The van der Waals surface area contributed by atoms with Crippen LogP contribution in [0.15, 0.2) is 30.3 Å². The monoisotopic (exact) mass is 200 g/mol. The summed E-state index contributed by atoms with van der Waals surface area (Å²) >= 11 is 0. The van der Waals surface area contributed by atoms with E-state index in [0.717, 1.165) is 0 Å². The minimum Gasteiger partial charge on any atom is -1.00 e. The first-order valence-electron chi connectivity index (χ1n) is 2.88. The van der Waals surface area contributed by atoms with Crippen molar-refractivity contribution in [2.75, 3.05) is 0 Å². The smallest absolute Gasteiger partial charge is 1.00 e. The van der Waals surface area contributed by atoms with Crippen LogP contribution in [0, 0.1) is 0 Å². The van der Waals surface area contributed by atoms with Crippen LogP contribution >= 0.6 is 7.82 Å². The van der Waals surface area contributed by atoms with Crippen molar-refractivity contribution in [3.05, 3.63) is 30.3 Å². The molecule has 0 amide bonds. The van der Waals surface area contributed by atoms with Crippen LogP contribution in [0.1, 0.15) is 2.85 Å². The molecule has 0 radical (unpaired) electrons. The minimum absolute atomic E-state index is 0. The largest absolute Gasteiger partial charge is 2.00 e. The maximum Gasteiger partial charge on any atom is 2.00 e. The van der Waals surface area contributed by atoms with Crippen molar-refractivity contribution in [1.29, 1.82) is 0 Å². The Hall–Kier alpha value is -0.0638. The maximum atomic E-state index is 10.3.